The summed E-state index contributed by atoms with van der Waals surface area (Å²) in [7, 11) is 1.58. The molecule has 21 heavy (non-hydrogen) atoms. The molecule has 0 aliphatic rings. The molecule has 2 rings (SSSR count). The maximum Gasteiger partial charge on any atom is 0.276 e. The van der Waals surface area contributed by atoms with Crippen molar-refractivity contribution in [3.8, 4) is 5.75 Å². The number of aryl methyl sites for hydroxylation is 1. The molecule has 0 saturated heterocycles. The molecule has 6 heteroatoms. The number of carbonyl (C=O) groups is 1. The first-order valence-electron chi connectivity index (χ1n) is 6.59. The van der Waals surface area contributed by atoms with E-state index in [0.29, 0.717) is 18.1 Å². The molecule has 0 atom stereocenters. The van der Waals surface area contributed by atoms with Gasteiger partial charge in [-0.1, -0.05) is 18.2 Å². The van der Waals surface area contributed by atoms with Gasteiger partial charge in [0.25, 0.3) is 5.91 Å². The van der Waals surface area contributed by atoms with Gasteiger partial charge in [0.15, 0.2) is 12.1 Å². The lowest BCUT2D eigenvalue weighted by Gasteiger charge is -2.22. The van der Waals surface area contributed by atoms with Crippen LogP contribution in [0, 0.1) is 6.92 Å². The number of aliphatic hydroxyl groups is 1. The number of aromatic nitrogens is 1. The summed E-state index contributed by atoms with van der Waals surface area (Å²) in [6, 6.07) is 7.45. The lowest BCUT2D eigenvalue weighted by atomic mass is 10.1. The van der Waals surface area contributed by atoms with Crippen molar-refractivity contribution in [2.45, 2.75) is 13.5 Å². The topological polar surface area (TPSA) is 75.8 Å². The number of carbonyl (C=O) groups excluding carboxylic acids is 1. The van der Waals surface area contributed by atoms with Crippen LogP contribution in [0.1, 0.15) is 21.8 Å². The van der Waals surface area contributed by atoms with Crippen LogP contribution in [-0.2, 0) is 6.54 Å². The van der Waals surface area contributed by atoms with Gasteiger partial charge >= 0.3 is 0 Å². The zero-order chi connectivity index (χ0) is 15.2. The molecular formula is C15H18N2O4. The van der Waals surface area contributed by atoms with Gasteiger partial charge in [-0.15, -0.1) is 0 Å². The number of aliphatic hydroxyl groups excluding tert-OH is 1. The largest absolute Gasteiger partial charge is 0.496 e. The van der Waals surface area contributed by atoms with E-state index < -0.39 is 0 Å². The smallest absolute Gasteiger partial charge is 0.276 e. The van der Waals surface area contributed by atoms with Crippen LogP contribution in [0.25, 0.3) is 0 Å². The third kappa shape index (κ3) is 3.41. The predicted molar refractivity (Wildman–Crippen MR) is 76.1 cm³/mol. The normalized spacial score (nSPS) is 10.4. The van der Waals surface area contributed by atoms with Gasteiger partial charge in [-0.3, -0.25) is 4.79 Å². The maximum absolute atomic E-state index is 12.5. The molecule has 2 aromatic rings. The zero-order valence-electron chi connectivity index (χ0n) is 12.1. The molecule has 112 valence electrons. The van der Waals surface area contributed by atoms with Crippen LogP contribution in [0.5, 0.6) is 5.75 Å². The fourth-order valence-corrected chi connectivity index (χ4v) is 2.07. The number of hydrogen-bond acceptors (Lipinski definition) is 5. The highest BCUT2D eigenvalue weighted by Crippen LogP contribution is 2.20. The zero-order valence-corrected chi connectivity index (χ0v) is 12.1. The molecule has 0 saturated carbocycles. The number of amides is 1. The molecule has 1 aromatic heterocycles. The van der Waals surface area contributed by atoms with E-state index in [1.165, 1.54) is 11.3 Å². The number of ether oxygens (including phenoxy) is 1. The number of methoxy groups -OCH3 is 1. The summed E-state index contributed by atoms with van der Waals surface area (Å²) in [6.07, 6.45) is 1.24. The van der Waals surface area contributed by atoms with Gasteiger partial charge in [-0.25, -0.2) is 4.98 Å². The van der Waals surface area contributed by atoms with E-state index >= 15 is 0 Å². The first-order chi connectivity index (χ1) is 10.2. The molecule has 0 aliphatic carbocycles. The van der Waals surface area contributed by atoms with E-state index in [9.17, 15) is 9.90 Å². The van der Waals surface area contributed by atoms with Crippen LogP contribution in [0.3, 0.4) is 0 Å². The molecule has 6 nitrogen and oxygen atoms in total. The molecule has 0 fully saturated rings. The average molecular weight is 290 g/mol. The number of oxazole rings is 1. The molecule has 1 heterocycles. The minimum atomic E-state index is -0.277. The van der Waals surface area contributed by atoms with Crippen molar-refractivity contribution in [2.75, 3.05) is 20.3 Å². The van der Waals surface area contributed by atoms with Crippen molar-refractivity contribution in [1.29, 1.82) is 0 Å². The highest BCUT2D eigenvalue weighted by molar-refractivity contribution is 5.93. The van der Waals surface area contributed by atoms with E-state index in [2.05, 4.69) is 4.98 Å². The van der Waals surface area contributed by atoms with Crippen molar-refractivity contribution < 1.29 is 19.1 Å². The van der Waals surface area contributed by atoms with Gasteiger partial charge < -0.3 is 19.2 Å². The Bertz CT molecular complexity index is 609. The summed E-state index contributed by atoms with van der Waals surface area (Å²) in [4.78, 5) is 17.9. The second-order valence-electron chi connectivity index (χ2n) is 4.52. The van der Waals surface area contributed by atoms with Crippen LogP contribution in [0.15, 0.2) is 35.1 Å². The Kier molecular flexibility index (Phi) is 4.94. The van der Waals surface area contributed by atoms with Gasteiger partial charge in [0, 0.05) is 18.7 Å². The third-order valence-electron chi connectivity index (χ3n) is 3.16. The Balaban J connectivity index is 2.23. The Labute approximate surface area is 123 Å². The van der Waals surface area contributed by atoms with Gasteiger partial charge in [0.2, 0.25) is 0 Å². The highest BCUT2D eigenvalue weighted by Gasteiger charge is 2.21. The first kappa shape index (κ1) is 15.1. The molecule has 1 amide bonds. The minimum Gasteiger partial charge on any atom is -0.496 e. The van der Waals surface area contributed by atoms with Gasteiger partial charge in [0.05, 0.1) is 13.7 Å². The molecule has 0 spiro atoms. The first-order valence-corrected chi connectivity index (χ1v) is 6.59. The third-order valence-corrected chi connectivity index (χ3v) is 3.16. The highest BCUT2D eigenvalue weighted by atomic mass is 16.5. The average Bonchev–Trinajstić information content (AvgIpc) is 2.92. The van der Waals surface area contributed by atoms with E-state index in [1.807, 2.05) is 24.3 Å². The number of rotatable bonds is 6. The van der Waals surface area contributed by atoms with Crippen LogP contribution in [-0.4, -0.2) is 41.2 Å². The van der Waals surface area contributed by atoms with Crippen molar-refractivity contribution in [1.82, 2.24) is 9.88 Å². The number of benzene rings is 1. The summed E-state index contributed by atoms with van der Waals surface area (Å²) >= 11 is 0. The van der Waals surface area contributed by atoms with Crippen molar-refractivity contribution in [3.05, 3.63) is 47.7 Å². The Morgan fingerprint density at radius 3 is 2.81 bits per heavy atom. The summed E-state index contributed by atoms with van der Waals surface area (Å²) < 4.78 is 10.3. The minimum absolute atomic E-state index is 0.127. The van der Waals surface area contributed by atoms with Gasteiger partial charge in [0.1, 0.15) is 11.5 Å². The summed E-state index contributed by atoms with van der Waals surface area (Å²) in [5.41, 5.74) is 1.13. The number of para-hydroxylation sites is 1. The monoisotopic (exact) mass is 290 g/mol. The van der Waals surface area contributed by atoms with E-state index in [4.69, 9.17) is 9.15 Å². The van der Waals surface area contributed by atoms with Crippen molar-refractivity contribution in [2.24, 2.45) is 0 Å². The Hall–Kier alpha value is -2.34. The fourth-order valence-electron chi connectivity index (χ4n) is 2.07. The predicted octanol–water partition coefficient (Wildman–Crippen LogP) is 1.63. The molecular weight excluding hydrogens is 272 g/mol. The molecule has 0 unspecified atom stereocenters. The molecule has 0 radical (unpaired) electrons. The van der Waals surface area contributed by atoms with Crippen LogP contribution in [0.2, 0.25) is 0 Å². The quantitative estimate of drug-likeness (QED) is 0.875. The Morgan fingerprint density at radius 1 is 1.43 bits per heavy atom. The maximum atomic E-state index is 12.5. The fraction of sp³-hybridized carbons (Fsp3) is 0.333. The number of hydrogen-bond donors (Lipinski definition) is 1. The molecule has 0 bridgehead atoms. The molecule has 1 aromatic carbocycles. The second kappa shape index (κ2) is 6.90. The van der Waals surface area contributed by atoms with E-state index in [1.54, 1.807) is 14.0 Å². The summed E-state index contributed by atoms with van der Waals surface area (Å²) in [5.74, 6) is 0.884. The standard InChI is InChI=1S/C15H18N2O4/c1-11-14(16-10-21-11)15(19)17(7-8-18)9-12-5-3-4-6-13(12)20-2/h3-6,10,18H,7-9H2,1-2H3. The summed E-state index contributed by atoms with van der Waals surface area (Å²) in [6.45, 7) is 2.09. The van der Waals surface area contributed by atoms with Crippen LogP contribution >= 0.6 is 0 Å². The molecule has 0 aliphatic heterocycles. The van der Waals surface area contributed by atoms with Gasteiger partial charge in [-0.05, 0) is 13.0 Å². The lowest BCUT2D eigenvalue weighted by molar-refractivity contribution is 0.0699. The van der Waals surface area contributed by atoms with Crippen molar-refractivity contribution in [3.63, 3.8) is 0 Å². The van der Waals surface area contributed by atoms with Crippen LogP contribution in [0.4, 0.5) is 0 Å². The van der Waals surface area contributed by atoms with Crippen molar-refractivity contribution >= 4 is 5.91 Å². The van der Waals surface area contributed by atoms with E-state index in [-0.39, 0.29) is 24.8 Å². The Morgan fingerprint density at radius 2 is 2.19 bits per heavy atom. The lowest BCUT2D eigenvalue weighted by Crippen LogP contribution is -2.33. The SMILES string of the molecule is COc1ccccc1CN(CCO)C(=O)c1ncoc1C. The summed E-state index contributed by atoms with van der Waals surface area (Å²) in [5, 5.41) is 9.19. The number of nitrogens with zero attached hydrogens (tertiary/aromatic N) is 2. The van der Waals surface area contributed by atoms with E-state index in [0.717, 1.165) is 5.56 Å². The second-order valence-corrected chi connectivity index (χ2v) is 4.52. The van der Waals surface area contributed by atoms with Crippen LogP contribution < -0.4 is 4.74 Å². The van der Waals surface area contributed by atoms with Gasteiger partial charge in [-0.2, -0.15) is 0 Å². The molecule has 1 N–H and O–H groups in total.